The second kappa shape index (κ2) is 9.60. The van der Waals surface area contributed by atoms with Gasteiger partial charge in [-0.1, -0.05) is 40.2 Å². The molecule has 2 aliphatic heterocycles. The Kier molecular flexibility index (Phi) is 6.38. The van der Waals surface area contributed by atoms with Gasteiger partial charge in [-0.15, -0.1) is 0 Å². The Hall–Kier alpha value is -3.17. The Labute approximate surface area is 206 Å². The Balaban J connectivity index is 1.33. The first-order chi connectivity index (χ1) is 16.5. The maximum atomic E-state index is 13.3. The van der Waals surface area contributed by atoms with Crippen LogP contribution in [-0.4, -0.2) is 68.2 Å². The van der Waals surface area contributed by atoms with Gasteiger partial charge in [0, 0.05) is 61.1 Å². The van der Waals surface area contributed by atoms with Gasteiger partial charge in [0.25, 0.3) is 11.6 Å². The molecule has 2 saturated heterocycles. The van der Waals surface area contributed by atoms with Gasteiger partial charge in [-0.25, -0.2) is 0 Å². The summed E-state index contributed by atoms with van der Waals surface area (Å²) in [5.41, 5.74) is 2.39. The minimum Gasteiger partial charge on any atom is -0.378 e. The van der Waals surface area contributed by atoms with Gasteiger partial charge in [-0.3, -0.25) is 14.9 Å². The van der Waals surface area contributed by atoms with Crippen molar-refractivity contribution in [2.24, 2.45) is 0 Å². The van der Waals surface area contributed by atoms with Crippen LogP contribution in [0.1, 0.15) is 10.4 Å². The van der Waals surface area contributed by atoms with E-state index in [1.54, 1.807) is 6.07 Å². The highest BCUT2D eigenvalue weighted by Crippen LogP contribution is 2.34. The number of nitro benzene ring substituents is 1. The van der Waals surface area contributed by atoms with Gasteiger partial charge in [0.1, 0.15) is 5.69 Å². The van der Waals surface area contributed by atoms with Gasteiger partial charge in [-0.05, 0) is 35.0 Å². The maximum Gasteiger partial charge on any atom is 0.292 e. The molecule has 9 heteroatoms. The summed E-state index contributed by atoms with van der Waals surface area (Å²) in [6.45, 7) is 4.91. The Morgan fingerprint density at radius 3 is 2.32 bits per heavy atom. The number of carbonyl (C=O) groups excluding carboxylic acids is 1. The van der Waals surface area contributed by atoms with E-state index in [4.69, 9.17) is 4.74 Å². The lowest BCUT2D eigenvalue weighted by Gasteiger charge is -2.37. The van der Waals surface area contributed by atoms with Crippen LogP contribution in [0.3, 0.4) is 0 Å². The predicted molar refractivity (Wildman–Crippen MR) is 136 cm³/mol. The molecule has 0 unspecified atom stereocenters. The third-order valence-electron chi connectivity index (χ3n) is 6.54. The van der Waals surface area contributed by atoms with Gasteiger partial charge in [0.05, 0.1) is 18.1 Å². The third kappa shape index (κ3) is 4.33. The molecule has 2 aliphatic rings. The first kappa shape index (κ1) is 22.6. The number of anilines is 2. The molecule has 0 aromatic heterocycles. The van der Waals surface area contributed by atoms with Crippen molar-refractivity contribution in [3.8, 4) is 0 Å². The molecule has 8 nitrogen and oxygen atoms in total. The minimum absolute atomic E-state index is 0.0288. The number of morpholine rings is 1. The zero-order valence-electron chi connectivity index (χ0n) is 18.7. The lowest BCUT2D eigenvalue weighted by Crippen LogP contribution is -2.49. The number of ether oxygens (including phenoxy) is 1. The molecule has 0 aliphatic carbocycles. The topological polar surface area (TPSA) is 79.2 Å². The summed E-state index contributed by atoms with van der Waals surface area (Å²) >= 11 is 3.57. The van der Waals surface area contributed by atoms with Gasteiger partial charge in [0.2, 0.25) is 0 Å². The molecule has 0 radical (unpaired) electrons. The van der Waals surface area contributed by atoms with Crippen LogP contribution in [0.15, 0.2) is 59.1 Å². The van der Waals surface area contributed by atoms with E-state index >= 15 is 0 Å². The van der Waals surface area contributed by atoms with Crippen molar-refractivity contribution < 1.29 is 14.5 Å². The first-order valence-electron chi connectivity index (χ1n) is 11.4. The van der Waals surface area contributed by atoms with Gasteiger partial charge >= 0.3 is 0 Å². The standard InChI is InChI=1S/C25H25BrN4O4/c26-22-6-2-3-19-20(22)4-1-5-21(19)25(31)29-11-9-27(10-12-29)18-7-8-23(30(32)33)24(17-18)28-13-15-34-16-14-28/h1-8,17H,9-16H2. The van der Waals surface area contributed by atoms with E-state index in [0.717, 1.165) is 20.9 Å². The zero-order valence-corrected chi connectivity index (χ0v) is 20.2. The minimum atomic E-state index is -0.326. The second-order valence-electron chi connectivity index (χ2n) is 8.45. The van der Waals surface area contributed by atoms with Crippen molar-refractivity contribution in [1.29, 1.82) is 0 Å². The number of hydrogen-bond donors (Lipinski definition) is 0. The number of carbonyl (C=O) groups is 1. The van der Waals surface area contributed by atoms with E-state index in [1.807, 2.05) is 58.3 Å². The number of amides is 1. The Bertz CT molecular complexity index is 1240. The van der Waals surface area contributed by atoms with Gasteiger partial charge in [0.15, 0.2) is 0 Å². The molecule has 2 fully saturated rings. The fourth-order valence-electron chi connectivity index (χ4n) is 4.72. The molecule has 3 aromatic rings. The van der Waals surface area contributed by atoms with Crippen LogP contribution in [0.5, 0.6) is 0 Å². The number of hydrogen-bond acceptors (Lipinski definition) is 6. The number of nitro groups is 1. The Morgan fingerprint density at radius 2 is 1.59 bits per heavy atom. The summed E-state index contributed by atoms with van der Waals surface area (Å²) < 4.78 is 6.38. The summed E-state index contributed by atoms with van der Waals surface area (Å²) in [5.74, 6) is 0.0288. The molecule has 0 N–H and O–H groups in total. The van der Waals surface area contributed by atoms with Crippen molar-refractivity contribution in [2.45, 2.75) is 0 Å². The molecule has 2 heterocycles. The van der Waals surface area contributed by atoms with Crippen molar-refractivity contribution in [1.82, 2.24) is 4.90 Å². The SMILES string of the molecule is O=C(c1cccc2c(Br)cccc12)N1CCN(c2ccc([N+](=O)[O-])c(N3CCOCC3)c2)CC1. The van der Waals surface area contributed by atoms with E-state index in [-0.39, 0.29) is 16.5 Å². The van der Waals surface area contributed by atoms with E-state index < -0.39 is 0 Å². The van der Waals surface area contributed by atoms with E-state index in [0.29, 0.717) is 63.7 Å². The number of piperazine rings is 1. The summed E-state index contributed by atoms with van der Waals surface area (Å²) in [5, 5.41) is 13.6. The highest BCUT2D eigenvalue weighted by molar-refractivity contribution is 9.10. The van der Waals surface area contributed by atoms with Crippen LogP contribution in [0, 0.1) is 10.1 Å². The molecule has 176 valence electrons. The Morgan fingerprint density at radius 1 is 0.882 bits per heavy atom. The second-order valence-corrected chi connectivity index (χ2v) is 9.30. The smallest absolute Gasteiger partial charge is 0.292 e. The van der Waals surface area contributed by atoms with E-state index in [9.17, 15) is 14.9 Å². The van der Waals surface area contributed by atoms with E-state index in [2.05, 4.69) is 20.8 Å². The summed E-state index contributed by atoms with van der Waals surface area (Å²) in [7, 11) is 0. The van der Waals surface area contributed by atoms with Crippen LogP contribution in [0.2, 0.25) is 0 Å². The molecule has 3 aromatic carbocycles. The molecule has 34 heavy (non-hydrogen) atoms. The molecule has 0 spiro atoms. The van der Waals surface area contributed by atoms with Crippen molar-refractivity contribution in [3.63, 3.8) is 0 Å². The summed E-state index contributed by atoms with van der Waals surface area (Å²) in [6, 6.07) is 17.0. The molecule has 5 rings (SSSR count). The first-order valence-corrected chi connectivity index (χ1v) is 12.1. The number of benzene rings is 3. The maximum absolute atomic E-state index is 13.3. The van der Waals surface area contributed by atoms with Crippen molar-refractivity contribution >= 4 is 49.7 Å². The average molecular weight is 525 g/mol. The van der Waals surface area contributed by atoms with Crippen LogP contribution in [-0.2, 0) is 4.74 Å². The quantitative estimate of drug-likeness (QED) is 0.373. The third-order valence-corrected chi connectivity index (χ3v) is 7.23. The summed E-state index contributed by atoms with van der Waals surface area (Å²) in [6.07, 6.45) is 0. The highest BCUT2D eigenvalue weighted by Gasteiger charge is 2.26. The van der Waals surface area contributed by atoms with Gasteiger partial charge < -0.3 is 19.4 Å². The van der Waals surface area contributed by atoms with Crippen molar-refractivity contribution in [3.05, 3.63) is 74.7 Å². The average Bonchev–Trinajstić information content (AvgIpc) is 2.88. The predicted octanol–water partition coefficient (Wildman–Crippen LogP) is 4.31. The van der Waals surface area contributed by atoms with Crippen LogP contribution < -0.4 is 9.80 Å². The van der Waals surface area contributed by atoms with Gasteiger partial charge in [-0.2, -0.15) is 0 Å². The number of rotatable bonds is 4. The zero-order chi connectivity index (χ0) is 23.7. The largest absolute Gasteiger partial charge is 0.378 e. The van der Waals surface area contributed by atoms with E-state index in [1.165, 1.54) is 0 Å². The fraction of sp³-hybridized carbons (Fsp3) is 0.320. The van der Waals surface area contributed by atoms with Crippen LogP contribution >= 0.6 is 15.9 Å². The van der Waals surface area contributed by atoms with Crippen LogP contribution in [0.25, 0.3) is 10.8 Å². The number of nitrogens with zero attached hydrogens (tertiary/aromatic N) is 4. The number of halogens is 1. The molecular weight excluding hydrogens is 500 g/mol. The normalized spacial score (nSPS) is 16.7. The monoisotopic (exact) mass is 524 g/mol. The van der Waals surface area contributed by atoms with Crippen LogP contribution in [0.4, 0.5) is 17.1 Å². The molecule has 0 saturated carbocycles. The van der Waals surface area contributed by atoms with Crippen molar-refractivity contribution in [2.75, 3.05) is 62.3 Å². The molecular formula is C25H25BrN4O4. The lowest BCUT2D eigenvalue weighted by molar-refractivity contribution is -0.384. The lowest BCUT2D eigenvalue weighted by atomic mass is 10.0. The highest BCUT2D eigenvalue weighted by atomic mass is 79.9. The molecule has 0 bridgehead atoms. The summed E-state index contributed by atoms with van der Waals surface area (Å²) in [4.78, 5) is 30.7. The molecule has 0 atom stereocenters. The fourth-order valence-corrected chi connectivity index (χ4v) is 5.22. The number of fused-ring (bicyclic) bond motifs is 1. The molecule has 1 amide bonds.